The number of aromatic nitrogens is 1. The first-order valence-electron chi connectivity index (χ1n) is 9.14. The largest absolute Gasteiger partial charge is 0.453 e. The fourth-order valence-electron chi connectivity index (χ4n) is 3.08. The Morgan fingerprint density at radius 1 is 0.968 bits per heavy atom. The second-order valence-corrected chi connectivity index (χ2v) is 7.47. The number of methoxy groups -OCH3 is 1. The van der Waals surface area contributed by atoms with Crippen molar-refractivity contribution in [3.8, 4) is 11.3 Å². The van der Waals surface area contributed by atoms with Gasteiger partial charge in [-0.05, 0) is 12.1 Å². The highest BCUT2D eigenvalue weighted by molar-refractivity contribution is 7.20. The van der Waals surface area contributed by atoms with Crippen molar-refractivity contribution < 1.29 is 23.9 Å². The van der Waals surface area contributed by atoms with Crippen LogP contribution in [0.3, 0.4) is 0 Å². The van der Waals surface area contributed by atoms with Gasteiger partial charge in [-0.15, -0.1) is 0 Å². The van der Waals surface area contributed by atoms with Gasteiger partial charge in [0.25, 0.3) is 11.8 Å². The molecule has 1 aromatic heterocycles. The van der Waals surface area contributed by atoms with Gasteiger partial charge < -0.3 is 10.1 Å². The molecule has 2 aromatic carbocycles. The average Bonchev–Trinajstić information content (AvgIpc) is 3.28. The summed E-state index contributed by atoms with van der Waals surface area (Å²) >= 11 is 1.03. The second kappa shape index (κ2) is 8.36. The van der Waals surface area contributed by atoms with E-state index in [1.54, 1.807) is 36.4 Å². The maximum Gasteiger partial charge on any atom is 0.413 e. The summed E-state index contributed by atoms with van der Waals surface area (Å²) in [7, 11) is 1.23. The van der Waals surface area contributed by atoms with Gasteiger partial charge in [0.1, 0.15) is 17.2 Å². The molecule has 0 radical (unpaired) electrons. The molecule has 0 bridgehead atoms. The number of benzene rings is 2. The van der Waals surface area contributed by atoms with Crippen LogP contribution in [-0.4, -0.2) is 47.4 Å². The molecule has 0 aliphatic carbocycles. The van der Waals surface area contributed by atoms with Crippen molar-refractivity contribution in [3.05, 3.63) is 65.7 Å². The maximum absolute atomic E-state index is 12.7. The van der Waals surface area contributed by atoms with Crippen molar-refractivity contribution in [1.29, 1.82) is 0 Å². The number of fused-ring (bicyclic) bond motifs is 1. The molecule has 1 aliphatic heterocycles. The van der Waals surface area contributed by atoms with Gasteiger partial charge in [0.2, 0.25) is 5.91 Å². The third kappa shape index (κ3) is 4.01. The molecule has 31 heavy (non-hydrogen) atoms. The molecule has 0 unspecified atom stereocenters. The molecule has 3 aromatic rings. The van der Waals surface area contributed by atoms with E-state index < -0.39 is 30.4 Å². The number of hydrogen-bond donors (Lipinski definition) is 2. The standard InChI is InChI=1S/C21H16N4O5S/c1-30-21(29)24-20-23-16(12-7-3-2-4-8-12)17(31-20)22-15(26)11-25-18(27)13-9-5-6-10-14(13)19(25)28/h2-10H,11H2,1H3,(H,22,26)(H,23,24,29). The van der Waals surface area contributed by atoms with Crippen LogP contribution >= 0.6 is 11.3 Å². The van der Waals surface area contributed by atoms with Gasteiger partial charge in [0.05, 0.1) is 18.2 Å². The van der Waals surface area contributed by atoms with Crippen molar-refractivity contribution in [2.75, 3.05) is 24.3 Å². The first-order valence-corrected chi connectivity index (χ1v) is 9.96. The number of carbonyl (C=O) groups is 4. The van der Waals surface area contributed by atoms with E-state index in [0.29, 0.717) is 16.3 Å². The molecule has 4 rings (SSSR count). The van der Waals surface area contributed by atoms with Crippen LogP contribution in [0.2, 0.25) is 0 Å². The SMILES string of the molecule is COC(=O)Nc1nc(-c2ccccc2)c(NC(=O)CN2C(=O)c3ccccc3C2=O)s1. The van der Waals surface area contributed by atoms with E-state index in [1.807, 2.05) is 18.2 Å². The normalized spacial score (nSPS) is 12.5. The third-order valence-electron chi connectivity index (χ3n) is 4.50. The van der Waals surface area contributed by atoms with Gasteiger partial charge in [-0.1, -0.05) is 53.8 Å². The number of amides is 4. The van der Waals surface area contributed by atoms with Crippen molar-refractivity contribution >= 4 is 45.3 Å². The zero-order valence-electron chi connectivity index (χ0n) is 16.2. The van der Waals surface area contributed by atoms with Gasteiger partial charge in [-0.2, -0.15) is 0 Å². The van der Waals surface area contributed by atoms with E-state index in [4.69, 9.17) is 0 Å². The van der Waals surface area contributed by atoms with Crippen LogP contribution in [0.5, 0.6) is 0 Å². The van der Waals surface area contributed by atoms with Gasteiger partial charge in [0.15, 0.2) is 5.13 Å². The number of nitrogens with zero attached hydrogens (tertiary/aromatic N) is 2. The number of anilines is 2. The fourth-order valence-corrected chi connectivity index (χ4v) is 3.97. The summed E-state index contributed by atoms with van der Waals surface area (Å²) in [6, 6.07) is 15.5. The topological polar surface area (TPSA) is 118 Å². The summed E-state index contributed by atoms with van der Waals surface area (Å²) in [4.78, 5) is 54.5. The lowest BCUT2D eigenvalue weighted by Crippen LogP contribution is -2.37. The summed E-state index contributed by atoms with van der Waals surface area (Å²) in [6.07, 6.45) is -0.697. The van der Waals surface area contributed by atoms with Gasteiger partial charge >= 0.3 is 6.09 Å². The number of hydrogen-bond acceptors (Lipinski definition) is 7. The third-order valence-corrected chi connectivity index (χ3v) is 5.39. The summed E-state index contributed by atoms with van der Waals surface area (Å²) < 4.78 is 4.58. The lowest BCUT2D eigenvalue weighted by molar-refractivity contribution is -0.116. The summed E-state index contributed by atoms with van der Waals surface area (Å²) in [5.74, 6) is -1.60. The Morgan fingerprint density at radius 2 is 1.58 bits per heavy atom. The number of ether oxygens (including phenoxy) is 1. The molecule has 0 atom stereocenters. The van der Waals surface area contributed by atoms with Crippen molar-refractivity contribution in [3.63, 3.8) is 0 Å². The molecule has 156 valence electrons. The average molecular weight is 436 g/mol. The minimum atomic E-state index is -0.697. The molecule has 4 amide bonds. The Hall–Kier alpha value is -4.05. The number of rotatable bonds is 5. The first kappa shape index (κ1) is 20.2. The molecular formula is C21H16N4O5S. The Bertz CT molecular complexity index is 1160. The molecule has 0 fully saturated rings. The molecule has 2 N–H and O–H groups in total. The number of thiazole rings is 1. The summed E-state index contributed by atoms with van der Waals surface area (Å²) in [6.45, 7) is -0.446. The summed E-state index contributed by atoms with van der Waals surface area (Å²) in [5, 5.41) is 5.75. The Morgan fingerprint density at radius 3 is 2.19 bits per heavy atom. The highest BCUT2D eigenvalue weighted by Gasteiger charge is 2.36. The monoisotopic (exact) mass is 436 g/mol. The van der Waals surface area contributed by atoms with Gasteiger partial charge in [-0.25, -0.2) is 9.78 Å². The minimum absolute atomic E-state index is 0.224. The van der Waals surface area contributed by atoms with Crippen LogP contribution in [0.25, 0.3) is 11.3 Å². The smallest absolute Gasteiger partial charge is 0.413 e. The highest BCUT2D eigenvalue weighted by Crippen LogP contribution is 2.36. The number of imide groups is 1. The molecule has 1 aliphatic rings. The molecule has 0 saturated heterocycles. The van der Waals surface area contributed by atoms with Crippen molar-refractivity contribution in [2.45, 2.75) is 0 Å². The highest BCUT2D eigenvalue weighted by atomic mass is 32.1. The lowest BCUT2D eigenvalue weighted by atomic mass is 10.1. The predicted octanol–water partition coefficient (Wildman–Crippen LogP) is 3.22. The summed E-state index contributed by atoms with van der Waals surface area (Å²) in [5.41, 5.74) is 1.70. The zero-order chi connectivity index (χ0) is 22.0. The number of nitrogens with one attached hydrogen (secondary N) is 2. The van der Waals surface area contributed by atoms with Crippen LogP contribution in [-0.2, 0) is 9.53 Å². The van der Waals surface area contributed by atoms with Crippen LogP contribution in [0, 0.1) is 0 Å². The lowest BCUT2D eigenvalue weighted by Gasteiger charge is -2.13. The van der Waals surface area contributed by atoms with E-state index in [2.05, 4.69) is 20.4 Å². The molecular weight excluding hydrogens is 420 g/mol. The fraction of sp³-hybridized carbons (Fsp3) is 0.0952. The zero-order valence-corrected chi connectivity index (χ0v) is 17.1. The number of carbonyl (C=O) groups excluding carboxylic acids is 4. The Kier molecular flexibility index (Phi) is 5.46. The van der Waals surface area contributed by atoms with Crippen LogP contribution in [0.1, 0.15) is 20.7 Å². The van der Waals surface area contributed by atoms with E-state index in [0.717, 1.165) is 16.2 Å². The van der Waals surface area contributed by atoms with Crippen molar-refractivity contribution in [1.82, 2.24) is 9.88 Å². The van der Waals surface area contributed by atoms with E-state index in [9.17, 15) is 19.2 Å². The molecule has 10 heteroatoms. The quantitative estimate of drug-likeness (QED) is 0.593. The molecule has 2 heterocycles. The van der Waals surface area contributed by atoms with Crippen LogP contribution < -0.4 is 10.6 Å². The first-order chi connectivity index (χ1) is 15.0. The van der Waals surface area contributed by atoms with E-state index in [1.165, 1.54) is 7.11 Å². The predicted molar refractivity (Wildman–Crippen MR) is 114 cm³/mol. The van der Waals surface area contributed by atoms with Gasteiger partial charge in [-0.3, -0.25) is 24.6 Å². The van der Waals surface area contributed by atoms with Crippen LogP contribution in [0.4, 0.5) is 14.9 Å². The maximum atomic E-state index is 12.7. The molecule has 0 saturated carbocycles. The molecule has 9 nitrogen and oxygen atoms in total. The minimum Gasteiger partial charge on any atom is -0.453 e. The van der Waals surface area contributed by atoms with E-state index >= 15 is 0 Å². The Balaban J connectivity index is 1.56. The molecule has 0 spiro atoms. The van der Waals surface area contributed by atoms with E-state index in [-0.39, 0.29) is 16.3 Å². The second-order valence-electron chi connectivity index (χ2n) is 6.47. The van der Waals surface area contributed by atoms with Gasteiger partial charge in [0, 0.05) is 5.56 Å². The van der Waals surface area contributed by atoms with Crippen molar-refractivity contribution in [2.24, 2.45) is 0 Å². The van der Waals surface area contributed by atoms with Crippen LogP contribution in [0.15, 0.2) is 54.6 Å². The Labute approximate surface area is 180 Å².